The largest absolute Gasteiger partial charge is 0.481 e. The van der Waals surface area contributed by atoms with Crippen LogP contribution in [0, 0.1) is 11.3 Å². The first-order chi connectivity index (χ1) is 5.61. The third-order valence-corrected chi connectivity index (χ3v) is 3.40. The van der Waals surface area contributed by atoms with Gasteiger partial charge in [0.15, 0.2) is 0 Å². The predicted molar refractivity (Wildman–Crippen MR) is 51.5 cm³/mol. The maximum atomic E-state index is 11.0. The Balaban J connectivity index is 2.52. The van der Waals surface area contributed by atoms with E-state index in [4.69, 9.17) is 5.11 Å². The lowest BCUT2D eigenvalue weighted by Crippen LogP contribution is -2.30. The van der Waals surface area contributed by atoms with Crippen LogP contribution in [0.3, 0.4) is 0 Å². The van der Waals surface area contributed by atoms with Gasteiger partial charge in [-0.25, -0.2) is 0 Å². The fourth-order valence-electron chi connectivity index (χ4n) is 1.52. The summed E-state index contributed by atoms with van der Waals surface area (Å²) in [7, 11) is 0. The smallest absolute Gasteiger partial charge is 0.309 e. The number of hydrogen-bond donors (Lipinski definition) is 1. The highest BCUT2D eigenvalue weighted by molar-refractivity contribution is 7.98. The fourth-order valence-corrected chi connectivity index (χ4v) is 2.15. The van der Waals surface area contributed by atoms with E-state index in [9.17, 15) is 4.79 Å². The number of thioether (sulfide) groups is 1. The second-order valence-corrected chi connectivity index (χ2v) is 4.73. The molecule has 0 aliphatic heterocycles. The van der Waals surface area contributed by atoms with Crippen LogP contribution in [0.2, 0.25) is 0 Å². The summed E-state index contributed by atoms with van der Waals surface area (Å²) in [5, 5.41) is 9.06. The Morgan fingerprint density at radius 3 is 2.58 bits per heavy atom. The van der Waals surface area contributed by atoms with Gasteiger partial charge in [0.05, 0.1) is 5.41 Å². The van der Waals surface area contributed by atoms with E-state index >= 15 is 0 Å². The highest BCUT2D eigenvalue weighted by atomic mass is 32.2. The molecule has 2 nitrogen and oxygen atoms in total. The number of carbonyl (C=O) groups is 1. The number of carboxylic acid groups (broad SMARTS) is 1. The third-order valence-electron chi connectivity index (χ3n) is 2.79. The summed E-state index contributed by atoms with van der Waals surface area (Å²) in [6.07, 6.45) is 5.05. The van der Waals surface area contributed by atoms with E-state index in [1.165, 1.54) is 0 Å². The van der Waals surface area contributed by atoms with Gasteiger partial charge in [0.25, 0.3) is 0 Å². The summed E-state index contributed by atoms with van der Waals surface area (Å²) in [5.74, 6) is 0.792. The topological polar surface area (TPSA) is 37.3 Å². The minimum absolute atomic E-state index is 0.441. The van der Waals surface area contributed by atoms with Crippen molar-refractivity contribution in [2.75, 3.05) is 12.0 Å². The number of aliphatic carboxylic acids is 1. The molecule has 0 aromatic carbocycles. The molecular weight excluding hydrogens is 172 g/mol. The average Bonchev–Trinajstić information content (AvgIpc) is 2.82. The fraction of sp³-hybridized carbons (Fsp3) is 0.889. The Labute approximate surface area is 77.7 Å². The van der Waals surface area contributed by atoms with Crippen molar-refractivity contribution >= 4 is 17.7 Å². The molecule has 1 N–H and O–H groups in total. The molecular formula is C9H16O2S. The summed E-state index contributed by atoms with van der Waals surface area (Å²) in [4.78, 5) is 11.0. The van der Waals surface area contributed by atoms with Crippen molar-refractivity contribution in [3.63, 3.8) is 0 Å². The van der Waals surface area contributed by atoms with Crippen LogP contribution in [0.15, 0.2) is 0 Å². The van der Waals surface area contributed by atoms with Crippen LogP contribution in [0.25, 0.3) is 0 Å². The van der Waals surface area contributed by atoms with Gasteiger partial charge in [0, 0.05) is 0 Å². The molecule has 0 heterocycles. The van der Waals surface area contributed by atoms with Crippen molar-refractivity contribution < 1.29 is 9.90 Å². The maximum Gasteiger partial charge on any atom is 0.309 e. The van der Waals surface area contributed by atoms with Crippen molar-refractivity contribution in [3.05, 3.63) is 0 Å². The molecule has 1 aliphatic rings. The van der Waals surface area contributed by atoms with Crippen molar-refractivity contribution in [3.8, 4) is 0 Å². The summed E-state index contributed by atoms with van der Waals surface area (Å²) in [5.41, 5.74) is -0.441. The minimum atomic E-state index is -0.612. The molecule has 0 bridgehead atoms. The van der Waals surface area contributed by atoms with Gasteiger partial charge in [-0.1, -0.05) is 0 Å². The summed E-state index contributed by atoms with van der Waals surface area (Å²) >= 11 is 1.73. The van der Waals surface area contributed by atoms with Crippen LogP contribution in [0.1, 0.15) is 26.2 Å². The standard InChI is InChI=1S/C9H16O2S/c1-9(8(10)11,5-6-12-2)7-3-4-7/h7H,3-6H2,1-2H3,(H,10,11). The summed E-state index contributed by atoms with van der Waals surface area (Å²) in [6.45, 7) is 1.89. The van der Waals surface area contributed by atoms with E-state index in [1.807, 2.05) is 13.2 Å². The Hall–Kier alpha value is -0.180. The van der Waals surface area contributed by atoms with Crippen molar-refractivity contribution in [2.45, 2.75) is 26.2 Å². The van der Waals surface area contributed by atoms with Gasteiger partial charge in [-0.05, 0) is 44.1 Å². The molecule has 1 unspecified atom stereocenters. The van der Waals surface area contributed by atoms with Gasteiger partial charge in [-0.15, -0.1) is 0 Å². The van der Waals surface area contributed by atoms with Gasteiger partial charge in [0.1, 0.15) is 0 Å². The second kappa shape index (κ2) is 3.69. The Morgan fingerprint density at radius 2 is 2.25 bits per heavy atom. The Bertz CT molecular complexity index is 177. The molecule has 0 saturated heterocycles. The van der Waals surface area contributed by atoms with Crippen molar-refractivity contribution in [1.82, 2.24) is 0 Å². The normalized spacial score (nSPS) is 21.8. The van der Waals surface area contributed by atoms with E-state index < -0.39 is 11.4 Å². The molecule has 0 aromatic heterocycles. The maximum absolute atomic E-state index is 11.0. The van der Waals surface area contributed by atoms with Crippen LogP contribution in [-0.4, -0.2) is 23.1 Å². The van der Waals surface area contributed by atoms with Gasteiger partial charge < -0.3 is 5.11 Å². The van der Waals surface area contributed by atoms with Crippen LogP contribution >= 0.6 is 11.8 Å². The molecule has 12 heavy (non-hydrogen) atoms. The van der Waals surface area contributed by atoms with E-state index in [2.05, 4.69) is 0 Å². The predicted octanol–water partition coefficient (Wildman–Crippen LogP) is 2.24. The molecule has 0 aromatic rings. The number of carboxylic acids is 1. The van der Waals surface area contributed by atoms with Crippen LogP contribution in [-0.2, 0) is 4.79 Å². The summed E-state index contributed by atoms with van der Waals surface area (Å²) in [6, 6.07) is 0. The zero-order valence-corrected chi connectivity index (χ0v) is 8.49. The molecule has 1 fully saturated rings. The van der Waals surface area contributed by atoms with Gasteiger partial charge >= 0.3 is 5.97 Å². The number of rotatable bonds is 5. The first kappa shape index (κ1) is 9.90. The second-order valence-electron chi connectivity index (χ2n) is 3.74. The van der Waals surface area contributed by atoms with Crippen LogP contribution in [0.5, 0.6) is 0 Å². The first-order valence-corrected chi connectivity index (χ1v) is 5.73. The molecule has 0 amide bonds. The SMILES string of the molecule is CSCCC(C)(C(=O)O)C1CC1. The molecule has 70 valence electrons. The lowest BCUT2D eigenvalue weighted by Gasteiger charge is -2.23. The Morgan fingerprint density at radius 1 is 1.67 bits per heavy atom. The number of hydrogen-bond acceptors (Lipinski definition) is 2. The quantitative estimate of drug-likeness (QED) is 0.719. The molecule has 3 heteroatoms. The molecule has 0 radical (unpaired) electrons. The zero-order valence-electron chi connectivity index (χ0n) is 7.67. The monoisotopic (exact) mass is 188 g/mol. The average molecular weight is 188 g/mol. The lowest BCUT2D eigenvalue weighted by atomic mass is 9.82. The zero-order chi connectivity index (χ0) is 9.19. The van der Waals surface area contributed by atoms with E-state index in [0.29, 0.717) is 5.92 Å². The Kier molecular flexibility index (Phi) is 3.04. The molecule has 1 atom stereocenters. The molecule has 1 aliphatic carbocycles. The minimum Gasteiger partial charge on any atom is -0.481 e. The van der Waals surface area contributed by atoms with Crippen LogP contribution < -0.4 is 0 Å². The van der Waals surface area contributed by atoms with Gasteiger partial charge in [0.2, 0.25) is 0 Å². The lowest BCUT2D eigenvalue weighted by molar-refractivity contribution is -0.149. The third kappa shape index (κ3) is 1.94. The molecule has 1 rings (SSSR count). The van der Waals surface area contributed by atoms with Crippen molar-refractivity contribution in [2.24, 2.45) is 11.3 Å². The molecule has 1 saturated carbocycles. The van der Waals surface area contributed by atoms with Crippen LogP contribution in [0.4, 0.5) is 0 Å². The van der Waals surface area contributed by atoms with Gasteiger partial charge in [-0.3, -0.25) is 4.79 Å². The highest BCUT2D eigenvalue weighted by Gasteiger charge is 2.46. The first-order valence-electron chi connectivity index (χ1n) is 4.33. The van der Waals surface area contributed by atoms with Crippen molar-refractivity contribution in [1.29, 1.82) is 0 Å². The molecule has 0 spiro atoms. The van der Waals surface area contributed by atoms with E-state index in [1.54, 1.807) is 11.8 Å². The van der Waals surface area contributed by atoms with E-state index in [0.717, 1.165) is 25.0 Å². The highest BCUT2D eigenvalue weighted by Crippen LogP contribution is 2.48. The van der Waals surface area contributed by atoms with E-state index in [-0.39, 0.29) is 0 Å². The summed E-state index contributed by atoms with van der Waals surface area (Å²) < 4.78 is 0. The van der Waals surface area contributed by atoms with Gasteiger partial charge in [-0.2, -0.15) is 11.8 Å².